The van der Waals surface area contributed by atoms with E-state index in [1.54, 1.807) is 12.4 Å². The number of halogens is 1. The average Bonchev–Trinajstić information content (AvgIpc) is 3.15. The molecule has 2 atom stereocenters. The largest absolute Gasteiger partial charge is 0.363 e. The highest BCUT2D eigenvalue weighted by Crippen LogP contribution is 2.28. The van der Waals surface area contributed by atoms with Gasteiger partial charge >= 0.3 is 0 Å². The smallest absolute Gasteiger partial charge is 0.211 e. The summed E-state index contributed by atoms with van der Waals surface area (Å²) in [5.41, 5.74) is 1.43. The van der Waals surface area contributed by atoms with Crippen LogP contribution in [0.25, 0.3) is 22.4 Å². The summed E-state index contributed by atoms with van der Waals surface area (Å²) >= 11 is 0. The van der Waals surface area contributed by atoms with Crippen LogP contribution >= 0.6 is 0 Å². The summed E-state index contributed by atoms with van der Waals surface area (Å²) in [5.74, 6) is -0.0454. The Morgan fingerprint density at radius 2 is 2.03 bits per heavy atom. The highest BCUT2D eigenvalue weighted by molar-refractivity contribution is 7.89. The molecule has 30 heavy (non-hydrogen) atoms. The van der Waals surface area contributed by atoms with Crippen LogP contribution in [0.4, 0.5) is 10.2 Å². The quantitative estimate of drug-likeness (QED) is 0.528. The third-order valence-corrected chi connectivity index (χ3v) is 6.94. The van der Waals surface area contributed by atoms with E-state index in [0.29, 0.717) is 24.3 Å². The standard InChI is InChI=1S/C20H25FN6O2S/c1-2-10-30(28,29)27-17-8-4-3-7-16(17)25-20-15(21)12-24-19(26-20)14-11-23-18-13(14)6-5-9-22-18/h5-6,9,11-12,16-17,27H,2-4,7-8,10H2,1H3,(H,22,23)(H,24,25,26)/t16?,17-/m1/s1. The molecule has 8 nitrogen and oxygen atoms in total. The van der Waals surface area contributed by atoms with Crippen molar-refractivity contribution in [2.75, 3.05) is 11.1 Å². The van der Waals surface area contributed by atoms with Crippen LogP contribution in [0.3, 0.4) is 0 Å². The van der Waals surface area contributed by atoms with Gasteiger partial charge in [0.1, 0.15) is 5.65 Å². The van der Waals surface area contributed by atoms with Gasteiger partial charge in [-0.05, 0) is 31.4 Å². The number of pyridine rings is 1. The third kappa shape index (κ3) is 4.44. The van der Waals surface area contributed by atoms with Crippen molar-refractivity contribution in [1.82, 2.24) is 24.7 Å². The lowest BCUT2D eigenvalue weighted by Gasteiger charge is -2.33. The molecule has 0 radical (unpaired) electrons. The van der Waals surface area contributed by atoms with Gasteiger partial charge in [0.2, 0.25) is 10.0 Å². The van der Waals surface area contributed by atoms with E-state index < -0.39 is 15.8 Å². The lowest BCUT2D eigenvalue weighted by molar-refractivity contribution is 0.377. The number of nitrogens with one attached hydrogen (secondary N) is 3. The van der Waals surface area contributed by atoms with E-state index in [2.05, 4.69) is 30.0 Å². The van der Waals surface area contributed by atoms with Crippen molar-refractivity contribution >= 4 is 26.9 Å². The molecular formula is C20H25FN6O2S. The van der Waals surface area contributed by atoms with Gasteiger partial charge < -0.3 is 10.3 Å². The van der Waals surface area contributed by atoms with Gasteiger partial charge in [-0.1, -0.05) is 19.8 Å². The minimum atomic E-state index is -3.36. The molecule has 0 amide bonds. The van der Waals surface area contributed by atoms with E-state index in [1.807, 2.05) is 19.1 Å². The molecule has 3 N–H and O–H groups in total. The second kappa shape index (κ2) is 8.65. The molecule has 0 saturated heterocycles. The lowest BCUT2D eigenvalue weighted by Crippen LogP contribution is -2.49. The Bertz CT molecular complexity index is 1130. The molecule has 10 heteroatoms. The first-order valence-corrected chi connectivity index (χ1v) is 11.8. The zero-order valence-electron chi connectivity index (χ0n) is 16.7. The number of H-pyrrole nitrogens is 1. The molecule has 1 unspecified atom stereocenters. The lowest BCUT2D eigenvalue weighted by atomic mass is 9.91. The summed E-state index contributed by atoms with van der Waals surface area (Å²) in [6.45, 7) is 1.83. The van der Waals surface area contributed by atoms with Crippen molar-refractivity contribution in [3.8, 4) is 11.4 Å². The highest BCUT2D eigenvalue weighted by atomic mass is 32.2. The number of hydrogen-bond donors (Lipinski definition) is 3. The molecule has 4 rings (SSSR count). The van der Waals surface area contributed by atoms with Crippen LogP contribution in [0.1, 0.15) is 39.0 Å². The second-order valence-electron chi connectivity index (χ2n) is 7.57. The predicted molar refractivity (Wildman–Crippen MR) is 114 cm³/mol. The van der Waals surface area contributed by atoms with E-state index in [0.717, 1.165) is 36.4 Å². The van der Waals surface area contributed by atoms with Gasteiger partial charge in [0.15, 0.2) is 17.5 Å². The van der Waals surface area contributed by atoms with Gasteiger partial charge in [0.25, 0.3) is 0 Å². The molecule has 3 heterocycles. The molecule has 0 bridgehead atoms. The van der Waals surface area contributed by atoms with Gasteiger partial charge in [-0.15, -0.1) is 0 Å². The Balaban J connectivity index is 1.60. The van der Waals surface area contributed by atoms with Crippen LogP contribution in [-0.4, -0.2) is 46.2 Å². The molecule has 3 aromatic heterocycles. The van der Waals surface area contributed by atoms with Gasteiger partial charge in [-0.25, -0.2) is 32.5 Å². The number of rotatable bonds is 7. The third-order valence-electron chi connectivity index (χ3n) is 5.33. The first-order chi connectivity index (χ1) is 14.5. The van der Waals surface area contributed by atoms with E-state index in [1.165, 1.54) is 0 Å². The van der Waals surface area contributed by atoms with Crippen molar-refractivity contribution in [2.24, 2.45) is 0 Å². The van der Waals surface area contributed by atoms with E-state index >= 15 is 0 Å². The van der Waals surface area contributed by atoms with Gasteiger partial charge in [0.05, 0.1) is 11.9 Å². The normalized spacial score (nSPS) is 19.8. The fourth-order valence-corrected chi connectivity index (χ4v) is 5.32. The topological polar surface area (TPSA) is 113 Å². The molecule has 0 aromatic carbocycles. The van der Waals surface area contributed by atoms with E-state index in [-0.39, 0.29) is 23.7 Å². The number of anilines is 1. The Kier molecular flexibility index (Phi) is 5.96. The van der Waals surface area contributed by atoms with Crippen LogP contribution in [0, 0.1) is 5.82 Å². The maximum absolute atomic E-state index is 14.5. The molecule has 3 aromatic rings. The molecule has 1 aliphatic carbocycles. The van der Waals surface area contributed by atoms with Gasteiger partial charge in [0, 0.05) is 35.4 Å². The summed E-state index contributed by atoms with van der Waals surface area (Å²) < 4.78 is 41.8. The van der Waals surface area contributed by atoms with Crippen molar-refractivity contribution < 1.29 is 12.8 Å². The summed E-state index contributed by atoms with van der Waals surface area (Å²) in [7, 11) is -3.36. The zero-order chi connectivity index (χ0) is 21.1. The summed E-state index contributed by atoms with van der Waals surface area (Å²) in [4.78, 5) is 15.9. The Hall–Kier alpha value is -2.59. The number of sulfonamides is 1. The second-order valence-corrected chi connectivity index (χ2v) is 9.44. The minimum absolute atomic E-state index is 0.0739. The number of fused-ring (bicyclic) bond motifs is 1. The first kappa shape index (κ1) is 20.7. The van der Waals surface area contributed by atoms with Gasteiger partial charge in [-0.2, -0.15) is 0 Å². The number of aromatic amines is 1. The van der Waals surface area contributed by atoms with E-state index in [4.69, 9.17) is 0 Å². The molecule has 160 valence electrons. The Morgan fingerprint density at radius 3 is 2.83 bits per heavy atom. The van der Waals surface area contributed by atoms with Crippen LogP contribution in [-0.2, 0) is 10.0 Å². The predicted octanol–water partition coefficient (Wildman–Crippen LogP) is 3.21. The Labute approximate surface area is 174 Å². The SMILES string of the molecule is CCCS(=O)(=O)N[C@@H]1CCCCC1Nc1nc(-c2c[nH]c3ncccc23)ncc1F. The molecule has 0 aliphatic heterocycles. The molecule has 1 saturated carbocycles. The first-order valence-electron chi connectivity index (χ1n) is 10.2. The molecule has 1 aliphatic rings. The van der Waals surface area contributed by atoms with Crippen molar-refractivity contribution in [3.05, 3.63) is 36.5 Å². The molecular weight excluding hydrogens is 407 g/mol. The molecule has 0 spiro atoms. The average molecular weight is 433 g/mol. The fraction of sp³-hybridized carbons (Fsp3) is 0.450. The fourth-order valence-electron chi connectivity index (χ4n) is 3.92. The number of aromatic nitrogens is 4. The molecule has 1 fully saturated rings. The monoisotopic (exact) mass is 432 g/mol. The summed E-state index contributed by atoms with van der Waals surface area (Å²) in [5, 5.41) is 3.98. The van der Waals surface area contributed by atoms with Gasteiger partial charge in [-0.3, -0.25) is 0 Å². The van der Waals surface area contributed by atoms with Crippen LogP contribution < -0.4 is 10.0 Å². The summed E-state index contributed by atoms with van der Waals surface area (Å²) in [6.07, 6.45) is 8.42. The number of nitrogens with zero attached hydrogens (tertiary/aromatic N) is 3. The van der Waals surface area contributed by atoms with Crippen molar-refractivity contribution in [1.29, 1.82) is 0 Å². The van der Waals surface area contributed by atoms with Crippen LogP contribution in [0.5, 0.6) is 0 Å². The van der Waals surface area contributed by atoms with Crippen molar-refractivity contribution in [3.63, 3.8) is 0 Å². The maximum atomic E-state index is 14.5. The highest BCUT2D eigenvalue weighted by Gasteiger charge is 2.29. The summed E-state index contributed by atoms with van der Waals surface area (Å²) in [6, 6.07) is 3.17. The Morgan fingerprint density at radius 1 is 1.23 bits per heavy atom. The number of hydrogen-bond acceptors (Lipinski definition) is 6. The minimum Gasteiger partial charge on any atom is -0.363 e. The van der Waals surface area contributed by atoms with Crippen LogP contribution in [0.15, 0.2) is 30.7 Å². The zero-order valence-corrected chi connectivity index (χ0v) is 17.5. The van der Waals surface area contributed by atoms with Crippen LogP contribution in [0.2, 0.25) is 0 Å². The maximum Gasteiger partial charge on any atom is 0.211 e. The van der Waals surface area contributed by atoms with Crippen molar-refractivity contribution in [2.45, 2.75) is 51.1 Å². The van der Waals surface area contributed by atoms with E-state index in [9.17, 15) is 12.8 Å².